The minimum atomic E-state index is -0.365. The molecule has 0 aromatic heterocycles. The molecule has 0 spiro atoms. The van der Waals surface area contributed by atoms with E-state index in [0.29, 0.717) is 36.0 Å². The van der Waals surface area contributed by atoms with Gasteiger partial charge in [-0.05, 0) is 104 Å². The molecule has 0 aliphatic rings. The maximum atomic E-state index is 12.8. The number of methoxy groups -OCH3 is 1. The van der Waals surface area contributed by atoms with E-state index in [1.165, 1.54) is 3.57 Å². The van der Waals surface area contributed by atoms with Crippen LogP contribution in [0.5, 0.6) is 17.2 Å². The molecule has 0 fully saturated rings. The molecule has 0 aliphatic heterocycles. The van der Waals surface area contributed by atoms with Gasteiger partial charge in [-0.25, -0.2) is 5.43 Å². The van der Waals surface area contributed by atoms with Crippen molar-refractivity contribution in [3.05, 3.63) is 97.5 Å². The lowest BCUT2D eigenvalue weighted by molar-refractivity contribution is 0.0952. The Labute approximate surface area is 231 Å². The van der Waals surface area contributed by atoms with Crippen LogP contribution in [-0.2, 0) is 6.61 Å². The average molecular weight is 659 g/mol. The maximum absolute atomic E-state index is 12.8. The summed E-state index contributed by atoms with van der Waals surface area (Å²) in [6.07, 6.45) is 1.56. The summed E-state index contributed by atoms with van der Waals surface area (Å²) in [6, 6.07) is 23.3. The van der Waals surface area contributed by atoms with Gasteiger partial charge >= 0.3 is 0 Å². The van der Waals surface area contributed by atoms with E-state index in [4.69, 9.17) is 14.2 Å². The first kappa shape index (κ1) is 26.0. The molecule has 4 rings (SSSR count). The van der Waals surface area contributed by atoms with E-state index in [2.05, 4.69) is 49.0 Å². The highest BCUT2D eigenvalue weighted by atomic mass is 127. The molecule has 0 bridgehead atoms. The number of fused-ring (bicyclic) bond motifs is 1. The second kappa shape index (κ2) is 12.2. The molecule has 1 N–H and O–H groups in total. The van der Waals surface area contributed by atoms with Crippen LogP contribution in [0.2, 0.25) is 0 Å². The Balaban J connectivity index is 1.50. The van der Waals surface area contributed by atoms with Gasteiger partial charge < -0.3 is 14.2 Å². The van der Waals surface area contributed by atoms with Crippen molar-refractivity contribution < 1.29 is 19.0 Å². The van der Waals surface area contributed by atoms with Gasteiger partial charge in [0.15, 0.2) is 11.5 Å². The topological polar surface area (TPSA) is 69.2 Å². The first-order valence-electron chi connectivity index (χ1n) is 11.2. The average Bonchev–Trinajstić information content (AvgIpc) is 2.88. The number of benzene rings is 4. The van der Waals surface area contributed by atoms with Gasteiger partial charge in [0.25, 0.3) is 5.91 Å². The normalized spacial score (nSPS) is 11.0. The number of carbonyl (C=O) groups excluding carboxylic acids is 1. The van der Waals surface area contributed by atoms with Crippen LogP contribution in [0.4, 0.5) is 0 Å². The Kier molecular flexibility index (Phi) is 8.82. The molecule has 4 aromatic carbocycles. The number of nitrogens with zero attached hydrogens (tertiary/aromatic N) is 1. The van der Waals surface area contributed by atoms with Gasteiger partial charge in [-0.3, -0.25) is 4.79 Å². The van der Waals surface area contributed by atoms with Gasteiger partial charge in [-0.1, -0.05) is 36.4 Å². The van der Waals surface area contributed by atoms with Crippen molar-refractivity contribution in [2.75, 3.05) is 13.7 Å². The van der Waals surface area contributed by atoms with Crippen LogP contribution in [0.1, 0.15) is 28.4 Å². The van der Waals surface area contributed by atoms with E-state index in [1.807, 2.05) is 73.7 Å². The summed E-state index contributed by atoms with van der Waals surface area (Å²) in [7, 11) is 1.54. The van der Waals surface area contributed by atoms with Crippen molar-refractivity contribution in [2.45, 2.75) is 13.5 Å². The van der Waals surface area contributed by atoms with Crippen molar-refractivity contribution in [2.24, 2.45) is 5.10 Å². The number of rotatable bonds is 9. The number of hydrazone groups is 1. The van der Waals surface area contributed by atoms with Gasteiger partial charge in [0.2, 0.25) is 0 Å². The second-order valence-electron chi connectivity index (χ2n) is 7.78. The monoisotopic (exact) mass is 658 g/mol. The van der Waals surface area contributed by atoms with E-state index in [9.17, 15) is 4.79 Å². The Morgan fingerprint density at radius 3 is 2.42 bits per heavy atom. The molecular weight excluding hydrogens is 635 g/mol. The minimum absolute atomic E-state index is 0.365. The summed E-state index contributed by atoms with van der Waals surface area (Å²) in [4.78, 5) is 12.8. The third kappa shape index (κ3) is 6.36. The molecule has 0 atom stereocenters. The van der Waals surface area contributed by atoms with Gasteiger partial charge in [-0.2, -0.15) is 5.10 Å². The highest BCUT2D eigenvalue weighted by Gasteiger charge is 2.14. The molecule has 6 nitrogen and oxygen atoms in total. The molecule has 0 heterocycles. The minimum Gasteiger partial charge on any atom is -0.496 e. The van der Waals surface area contributed by atoms with Gasteiger partial charge in [0.1, 0.15) is 12.4 Å². The first-order valence-corrected chi connectivity index (χ1v) is 13.1. The molecule has 0 unspecified atom stereocenters. The fourth-order valence-corrected chi connectivity index (χ4v) is 4.53. The molecule has 0 saturated carbocycles. The predicted molar refractivity (Wildman–Crippen MR) is 154 cm³/mol. The zero-order valence-electron chi connectivity index (χ0n) is 19.8. The quantitative estimate of drug-likeness (QED) is 0.120. The van der Waals surface area contributed by atoms with Crippen LogP contribution in [0.3, 0.4) is 0 Å². The van der Waals surface area contributed by atoms with Crippen LogP contribution >= 0.6 is 38.5 Å². The van der Waals surface area contributed by atoms with Crippen LogP contribution in [0, 0.1) is 3.57 Å². The van der Waals surface area contributed by atoms with Gasteiger partial charge in [0.05, 0.1) is 30.0 Å². The Morgan fingerprint density at radius 1 is 1.00 bits per heavy atom. The lowest BCUT2D eigenvalue weighted by Gasteiger charge is -2.15. The van der Waals surface area contributed by atoms with Crippen molar-refractivity contribution in [3.63, 3.8) is 0 Å². The van der Waals surface area contributed by atoms with Crippen LogP contribution in [0.15, 0.2) is 82.4 Å². The second-order valence-corrected chi connectivity index (χ2v) is 9.88. The molecule has 184 valence electrons. The third-order valence-electron chi connectivity index (χ3n) is 5.32. The Hall–Kier alpha value is -3.11. The van der Waals surface area contributed by atoms with E-state index >= 15 is 0 Å². The molecule has 8 heteroatoms. The van der Waals surface area contributed by atoms with Gasteiger partial charge in [-0.15, -0.1) is 0 Å². The Bertz CT molecular complexity index is 1410. The molecule has 0 aliphatic carbocycles. The number of nitrogens with one attached hydrogen (secondary N) is 1. The zero-order valence-corrected chi connectivity index (χ0v) is 23.5. The fourth-order valence-electron chi connectivity index (χ4n) is 3.59. The number of amides is 1. The number of ether oxygens (including phenoxy) is 3. The SMILES string of the molecule is CCOc1cc(/C=N\NC(=O)c2cc3ccccc3cc2OC)cc(Br)c1OCc1ccc(I)cc1. The number of hydrogen-bond donors (Lipinski definition) is 1. The summed E-state index contributed by atoms with van der Waals surface area (Å²) in [5, 5.41) is 6.08. The molecule has 1 amide bonds. The van der Waals surface area contributed by atoms with Gasteiger partial charge in [0, 0.05) is 3.57 Å². The van der Waals surface area contributed by atoms with Crippen molar-refractivity contribution in [3.8, 4) is 17.2 Å². The van der Waals surface area contributed by atoms with Crippen molar-refractivity contribution in [1.29, 1.82) is 0 Å². The molecule has 0 radical (unpaired) electrons. The van der Waals surface area contributed by atoms with E-state index in [-0.39, 0.29) is 5.91 Å². The highest BCUT2D eigenvalue weighted by molar-refractivity contribution is 14.1. The van der Waals surface area contributed by atoms with E-state index in [0.717, 1.165) is 26.4 Å². The lowest BCUT2D eigenvalue weighted by atomic mass is 10.1. The molecule has 0 saturated heterocycles. The number of halogens is 2. The van der Waals surface area contributed by atoms with Crippen molar-refractivity contribution >= 4 is 61.4 Å². The first-order chi connectivity index (χ1) is 17.5. The third-order valence-corrected chi connectivity index (χ3v) is 6.63. The smallest absolute Gasteiger partial charge is 0.275 e. The predicted octanol–water partition coefficient (Wildman–Crippen LogP) is 6.96. The standard InChI is InChI=1S/C28H24BrIN2O4/c1-3-35-26-13-19(12-24(29)27(26)36-17-18-8-10-22(30)11-9-18)16-31-32-28(33)23-14-20-6-4-5-7-21(20)15-25(23)34-2/h4-16H,3,17H2,1-2H3,(H,32,33)/b31-16-. The summed E-state index contributed by atoms with van der Waals surface area (Å²) < 4.78 is 19.2. The lowest BCUT2D eigenvalue weighted by Crippen LogP contribution is -2.18. The molecular formula is C28H24BrIN2O4. The van der Waals surface area contributed by atoms with E-state index in [1.54, 1.807) is 19.4 Å². The Morgan fingerprint density at radius 2 is 1.72 bits per heavy atom. The molecule has 4 aromatic rings. The highest BCUT2D eigenvalue weighted by Crippen LogP contribution is 2.37. The van der Waals surface area contributed by atoms with E-state index < -0.39 is 0 Å². The number of carbonyl (C=O) groups is 1. The largest absolute Gasteiger partial charge is 0.496 e. The maximum Gasteiger partial charge on any atom is 0.275 e. The van der Waals surface area contributed by atoms with Crippen LogP contribution in [0.25, 0.3) is 10.8 Å². The summed E-state index contributed by atoms with van der Waals surface area (Å²) >= 11 is 5.85. The fraction of sp³-hybridized carbons (Fsp3) is 0.143. The molecule has 36 heavy (non-hydrogen) atoms. The summed E-state index contributed by atoms with van der Waals surface area (Å²) in [6.45, 7) is 2.80. The van der Waals surface area contributed by atoms with Crippen LogP contribution < -0.4 is 19.6 Å². The summed E-state index contributed by atoms with van der Waals surface area (Å²) in [5.74, 6) is 1.31. The zero-order chi connectivity index (χ0) is 25.5. The summed E-state index contributed by atoms with van der Waals surface area (Å²) in [5.41, 5.74) is 4.78. The van der Waals surface area contributed by atoms with Crippen LogP contribution in [-0.4, -0.2) is 25.8 Å². The number of hydrogen-bond acceptors (Lipinski definition) is 5. The van der Waals surface area contributed by atoms with Crippen molar-refractivity contribution in [1.82, 2.24) is 5.43 Å².